The highest BCUT2D eigenvalue weighted by molar-refractivity contribution is 9.10. The van der Waals surface area contributed by atoms with E-state index in [0.717, 1.165) is 9.35 Å². The van der Waals surface area contributed by atoms with E-state index in [0.29, 0.717) is 32.1 Å². The summed E-state index contributed by atoms with van der Waals surface area (Å²) in [4.78, 5) is 30.6. The third-order valence-electron chi connectivity index (χ3n) is 4.26. The van der Waals surface area contributed by atoms with Crippen LogP contribution < -0.4 is 0 Å². The third kappa shape index (κ3) is 4.40. The standard InChI is InChI=1S/C22H13BrClNO3S/c23-14-7-5-13(6-8-14)19(26)12-28-22(27)16-11-18(20-9-10-21(24)29-20)25-17-4-2-1-3-15(16)17/h1-11H,12H2. The number of thiophene rings is 1. The number of hydrogen-bond donors (Lipinski definition) is 0. The van der Waals surface area contributed by atoms with Crippen molar-refractivity contribution in [3.05, 3.63) is 86.7 Å². The number of hydrogen-bond acceptors (Lipinski definition) is 5. The van der Waals surface area contributed by atoms with Gasteiger partial charge in [-0.05, 0) is 36.4 Å². The molecule has 29 heavy (non-hydrogen) atoms. The first-order chi connectivity index (χ1) is 14.0. The Morgan fingerprint density at radius 1 is 1.03 bits per heavy atom. The smallest absolute Gasteiger partial charge is 0.339 e. The van der Waals surface area contributed by atoms with Gasteiger partial charge in [0.15, 0.2) is 12.4 Å². The highest BCUT2D eigenvalue weighted by Gasteiger charge is 2.17. The zero-order chi connectivity index (χ0) is 20.4. The van der Waals surface area contributed by atoms with Crippen molar-refractivity contribution in [3.63, 3.8) is 0 Å². The average molecular weight is 487 g/mol. The minimum absolute atomic E-state index is 0.269. The van der Waals surface area contributed by atoms with Crippen molar-refractivity contribution in [3.8, 4) is 10.6 Å². The molecule has 0 saturated carbocycles. The van der Waals surface area contributed by atoms with E-state index in [1.165, 1.54) is 11.3 Å². The van der Waals surface area contributed by atoms with Crippen LogP contribution in [0.2, 0.25) is 4.34 Å². The Bertz CT molecular complexity index is 1220. The zero-order valence-electron chi connectivity index (χ0n) is 14.9. The lowest BCUT2D eigenvalue weighted by molar-refractivity contribution is 0.0476. The lowest BCUT2D eigenvalue weighted by Gasteiger charge is -2.09. The van der Waals surface area contributed by atoms with Crippen LogP contribution in [0.3, 0.4) is 0 Å². The number of esters is 1. The van der Waals surface area contributed by atoms with Gasteiger partial charge in [0.1, 0.15) is 0 Å². The molecule has 0 N–H and O–H groups in total. The van der Waals surface area contributed by atoms with Crippen molar-refractivity contribution in [1.29, 1.82) is 0 Å². The quantitative estimate of drug-likeness (QED) is 0.241. The largest absolute Gasteiger partial charge is 0.454 e. The number of fused-ring (bicyclic) bond motifs is 1. The molecule has 0 saturated heterocycles. The van der Waals surface area contributed by atoms with Crippen LogP contribution in [0.5, 0.6) is 0 Å². The fourth-order valence-corrected chi connectivity index (χ4v) is 4.12. The summed E-state index contributed by atoms with van der Waals surface area (Å²) in [6.45, 7) is -0.336. The first-order valence-electron chi connectivity index (χ1n) is 8.62. The molecule has 2 heterocycles. The summed E-state index contributed by atoms with van der Waals surface area (Å²) < 4.78 is 6.84. The molecule has 144 valence electrons. The maximum atomic E-state index is 12.8. The first kappa shape index (κ1) is 19.8. The van der Waals surface area contributed by atoms with Crippen LogP contribution in [0.1, 0.15) is 20.7 Å². The number of aromatic nitrogens is 1. The third-order valence-corrected chi connectivity index (χ3v) is 6.04. The summed E-state index contributed by atoms with van der Waals surface area (Å²) in [5, 5.41) is 0.667. The minimum Gasteiger partial charge on any atom is -0.454 e. The molecular weight excluding hydrogens is 474 g/mol. The Hall–Kier alpha value is -2.54. The van der Waals surface area contributed by atoms with Gasteiger partial charge in [0.2, 0.25) is 0 Å². The highest BCUT2D eigenvalue weighted by atomic mass is 79.9. The van der Waals surface area contributed by atoms with E-state index < -0.39 is 5.97 Å². The van der Waals surface area contributed by atoms with E-state index in [9.17, 15) is 9.59 Å². The number of pyridine rings is 1. The first-order valence-corrected chi connectivity index (χ1v) is 10.6. The van der Waals surface area contributed by atoms with Crippen molar-refractivity contribution in [2.75, 3.05) is 6.61 Å². The molecule has 0 radical (unpaired) electrons. The van der Waals surface area contributed by atoms with Gasteiger partial charge in [0.05, 0.1) is 26.0 Å². The van der Waals surface area contributed by atoms with E-state index >= 15 is 0 Å². The normalized spacial score (nSPS) is 10.8. The van der Waals surface area contributed by atoms with Crippen molar-refractivity contribution in [2.24, 2.45) is 0 Å². The van der Waals surface area contributed by atoms with Crippen LogP contribution in [0, 0.1) is 0 Å². The van der Waals surface area contributed by atoms with Crippen LogP contribution >= 0.6 is 38.9 Å². The number of benzene rings is 2. The van der Waals surface area contributed by atoms with E-state index in [4.69, 9.17) is 16.3 Å². The monoisotopic (exact) mass is 485 g/mol. The molecule has 4 aromatic rings. The lowest BCUT2D eigenvalue weighted by atomic mass is 10.1. The molecule has 0 unspecified atom stereocenters. The van der Waals surface area contributed by atoms with Gasteiger partial charge >= 0.3 is 5.97 Å². The number of ketones is 1. The fraction of sp³-hybridized carbons (Fsp3) is 0.0455. The van der Waals surface area contributed by atoms with E-state index in [1.54, 1.807) is 42.5 Å². The molecule has 7 heteroatoms. The molecule has 0 atom stereocenters. The summed E-state index contributed by atoms with van der Waals surface area (Å²) in [7, 11) is 0. The molecule has 0 aliphatic heterocycles. The summed E-state index contributed by atoms with van der Waals surface area (Å²) in [5.74, 6) is -0.840. The molecule has 0 spiro atoms. The van der Waals surface area contributed by atoms with Gasteiger partial charge in [0, 0.05) is 15.4 Å². The predicted octanol–water partition coefficient (Wildman–Crippen LogP) is 6.42. The fourth-order valence-electron chi connectivity index (χ4n) is 2.85. The Balaban J connectivity index is 1.62. The Morgan fingerprint density at radius 3 is 2.52 bits per heavy atom. The van der Waals surface area contributed by atoms with Gasteiger partial charge < -0.3 is 4.74 Å². The molecule has 0 fully saturated rings. The van der Waals surface area contributed by atoms with E-state index in [2.05, 4.69) is 20.9 Å². The van der Waals surface area contributed by atoms with Crippen molar-refractivity contribution < 1.29 is 14.3 Å². The Labute approximate surface area is 184 Å². The van der Waals surface area contributed by atoms with Crippen LogP contribution in [0.25, 0.3) is 21.5 Å². The van der Waals surface area contributed by atoms with Crippen molar-refractivity contribution in [2.45, 2.75) is 0 Å². The van der Waals surface area contributed by atoms with E-state index in [1.807, 2.05) is 24.3 Å². The molecule has 2 aromatic heterocycles. The molecule has 4 rings (SSSR count). The predicted molar refractivity (Wildman–Crippen MR) is 119 cm³/mol. The van der Waals surface area contributed by atoms with Crippen LogP contribution in [-0.2, 0) is 4.74 Å². The number of para-hydroxylation sites is 1. The number of carbonyl (C=O) groups excluding carboxylic acids is 2. The zero-order valence-corrected chi connectivity index (χ0v) is 18.1. The SMILES string of the molecule is O=C(COC(=O)c1cc(-c2ccc(Cl)s2)nc2ccccc12)c1ccc(Br)cc1. The van der Waals surface area contributed by atoms with Gasteiger partial charge in [-0.3, -0.25) is 4.79 Å². The Morgan fingerprint density at radius 2 is 1.79 bits per heavy atom. The van der Waals surface area contributed by atoms with Crippen LogP contribution in [0.4, 0.5) is 0 Å². The number of halogens is 2. The maximum absolute atomic E-state index is 12.8. The van der Waals surface area contributed by atoms with Crippen LogP contribution in [-0.4, -0.2) is 23.3 Å². The second-order valence-electron chi connectivity index (χ2n) is 6.18. The molecule has 0 aliphatic carbocycles. The molecule has 0 aliphatic rings. The van der Waals surface area contributed by atoms with Gasteiger partial charge in [-0.2, -0.15) is 0 Å². The second-order valence-corrected chi connectivity index (χ2v) is 8.81. The molecular formula is C22H13BrClNO3S. The lowest BCUT2D eigenvalue weighted by Crippen LogP contribution is -2.15. The molecule has 0 bridgehead atoms. The van der Waals surface area contributed by atoms with Gasteiger partial charge in [-0.15, -0.1) is 11.3 Å². The van der Waals surface area contributed by atoms with Crippen molar-refractivity contribution in [1.82, 2.24) is 4.98 Å². The average Bonchev–Trinajstić information content (AvgIpc) is 3.18. The molecule has 4 nitrogen and oxygen atoms in total. The summed E-state index contributed by atoms with van der Waals surface area (Å²) in [6, 6.07) is 19.5. The minimum atomic E-state index is -0.571. The van der Waals surface area contributed by atoms with Crippen LogP contribution in [0.15, 0.2) is 71.2 Å². The number of nitrogens with zero attached hydrogens (tertiary/aromatic N) is 1. The summed E-state index contributed by atoms with van der Waals surface area (Å²) in [5.41, 5.74) is 2.14. The highest BCUT2D eigenvalue weighted by Crippen LogP contribution is 2.32. The topological polar surface area (TPSA) is 56.3 Å². The molecule has 2 aromatic carbocycles. The van der Waals surface area contributed by atoms with Crippen molar-refractivity contribution >= 4 is 61.5 Å². The Kier molecular flexibility index (Phi) is 5.76. The van der Waals surface area contributed by atoms with Gasteiger partial charge in [-0.25, -0.2) is 9.78 Å². The number of rotatable bonds is 5. The summed E-state index contributed by atoms with van der Waals surface area (Å²) >= 11 is 10.7. The number of ether oxygens (including phenoxy) is 1. The summed E-state index contributed by atoms with van der Waals surface area (Å²) in [6.07, 6.45) is 0. The maximum Gasteiger partial charge on any atom is 0.339 e. The number of Topliss-reactive ketones (excluding diaryl/α,β-unsaturated/α-hetero) is 1. The van der Waals surface area contributed by atoms with E-state index in [-0.39, 0.29) is 12.4 Å². The molecule has 0 amide bonds. The van der Waals surface area contributed by atoms with Gasteiger partial charge in [-0.1, -0.05) is 57.9 Å². The number of carbonyl (C=O) groups is 2. The van der Waals surface area contributed by atoms with Gasteiger partial charge in [0.25, 0.3) is 0 Å². The second kappa shape index (κ2) is 8.45.